The lowest BCUT2D eigenvalue weighted by atomic mass is 10.1. The number of aromatic nitrogens is 1. The highest BCUT2D eigenvalue weighted by molar-refractivity contribution is 6.37. The smallest absolute Gasteiger partial charge is 0.338 e. The highest BCUT2D eigenvalue weighted by Gasteiger charge is 2.28. The molecule has 0 bridgehead atoms. The van der Waals surface area contributed by atoms with Crippen LogP contribution in [0.25, 0.3) is 0 Å². The van der Waals surface area contributed by atoms with Gasteiger partial charge in [0.1, 0.15) is 0 Å². The van der Waals surface area contributed by atoms with E-state index < -0.39 is 18.5 Å². The first-order valence-electron chi connectivity index (χ1n) is 8.96. The maximum Gasteiger partial charge on any atom is 0.338 e. The summed E-state index contributed by atoms with van der Waals surface area (Å²) in [6, 6.07) is 6.24. The quantitative estimate of drug-likeness (QED) is 0.536. The summed E-state index contributed by atoms with van der Waals surface area (Å²) in [7, 11) is 0. The van der Waals surface area contributed by atoms with Crippen LogP contribution in [0.2, 0.25) is 10.0 Å². The van der Waals surface area contributed by atoms with Gasteiger partial charge in [-0.3, -0.25) is 19.3 Å². The van der Waals surface area contributed by atoms with Gasteiger partial charge in [-0.1, -0.05) is 35.3 Å². The van der Waals surface area contributed by atoms with Crippen LogP contribution in [0.5, 0.6) is 0 Å². The van der Waals surface area contributed by atoms with Crippen LogP contribution >= 0.6 is 23.2 Å². The van der Waals surface area contributed by atoms with Crippen LogP contribution in [-0.2, 0) is 25.7 Å². The van der Waals surface area contributed by atoms with Gasteiger partial charge >= 0.3 is 5.97 Å². The van der Waals surface area contributed by atoms with Gasteiger partial charge in [-0.2, -0.15) is 0 Å². The molecule has 156 valence electrons. The third-order valence-corrected chi connectivity index (χ3v) is 5.32. The molecule has 1 N–H and O–H groups in total. The summed E-state index contributed by atoms with van der Waals surface area (Å²) in [5.41, 5.74) is 1.49. The predicted molar refractivity (Wildman–Crippen MR) is 109 cm³/mol. The van der Waals surface area contributed by atoms with E-state index in [1.165, 1.54) is 23.2 Å². The number of ether oxygens (including phenoxy) is 1. The number of likely N-dealkylation sites (tertiary alicyclic amines) is 1. The monoisotopic (exact) mass is 449 g/mol. The number of pyridine rings is 1. The molecule has 30 heavy (non-hydrogen) atoms. The second-order valence-corrected chi connectivity index (χ2v) is 7.37. The highest BCUT2D eigenvalue weighted by atomic mass is 35.5. The Hall–Kier alpha value is -2.97. The molecule has 0 atom stereocenters. The third-order valence-electron chi connectivity index (χ3n) is 4.48. The van der Waals surface area contributed by atoms with Crippen LogP contribution in [0.3, 0.4) is 0 Å². The Morgan fingerprint density at radius 1 is 1.13 bits per heavy atom. The number of amides is 3. The molecule has 1 aliphatic rings. The Labute approximate surface area is 182 Å². The zero-order valence-corrected chi connectivity index (χ0v) is 17.4. The van der Waals surface area contributed by atoms with Crippen molar-refractivity contribution in [2.75, 3.05) is 11.9 Å². The van der Waals surface area contributed by atoms with Crippen molar-refractivity contribution in [3.8, 4) is 0 Å². The fourth-order valence-corrected chi connectivity index (χ4v) is 3.14. The van der Waals surface area contributed by atoms with Gasteiger partial charge in [-0.05, 0) is 30.2 Å². The average Bonchev–Trinajstić information content (AvgIpc) is 3.05. The van der Waals surface area contributed by atoms with Gasteiger partial charge in [0.2, 0.25) is 11.8 Å². The molecule has 0 aliphatic carbocycles. The number of hydrogen-bond donors (Lipinski definition) is 1. The molecule has 0 saturated carbocycles. The van der Waals surface area contributed by atoms with Crippen LogP contribution in [0.4, 0.5) is 5.82 Å². The van der Waals surface area contributed by atoms with Gasteiger partial charge in [0.25, 0.3) is 5.91 Å². The number of nitrogens with one attached hydrogen (secondary N) is 1. The number of nitrogens with zero attached hydrogens (tertiary/aromatic N) is 2. The van der Waals surface area contributed by atoms with Gasteiger partial charge < -0.3 is 10.1 Å². The number of carbonyl (C=O) groups excluding carboxylic acids is 4. The van der Waals surface area contributed by atoms with E-state index in [0.29, 0.717) is 16.1 Å². The molecule has 10 heteroatoms. The highest BCUT2D eigenvalue weighted by Crippen LogP contribution is 2.28. The number of anilines is 1. The number of hydrogen-bond acceptors (Lipinski definition) is 6. The number of carbonyl (C=O) groups is 4. The molecule has 0 unspecified atom stereocenters. The van der Waals surface area contributed by atoms with Gasteiger partial charge in [0.05, 0.1) is 22.2 Å². The molecule has 1 saturated heterocycles. The molecule has 1 aromatic heterocycles. The Morgan fingerprint density at radius 2 is 1.77 bits per heavy atom. The summed E-state index contributed by atoms with van der Waals surface area (Å²) in [6.45, 7) is 1.31. The van der Waals surface area contributed by atoms with Crippen molar-refractivity contribution in [3.05, 3.63) is 57.2 Å². The topological polar surface area (TPSA) is 106 Å². The van der Waals surface area contributed by atoms with E-state index in [1.807, 2.05) is 0 Å². The number of benzene rings is 1. The average molecular weight is 450 g/mol. The molecule has 1 aromatic carbocycles. The summed E-state index contributed by atoms with van der Waals surface area (Å²) < 4.78 is 5.00. The van der Waals surface area contributed by atoms with Crippen LogP contribution < -0.4 is 5.32 Å². The number of halogens is 2. The van der Waals surface area contributed by atoms with Crippen molar-refractivity contribution in [1.82, 2.24) is 9.88 Å². The van der Waals surface area contributed by atoms with Crippen molar-refractivity contribution >= 4 is 52.7 Å². The largest absolute Gasteiger partial charge is 0.452 e. The van der Waals surface area contributed by atoms with Crippen LogP contribution in [-0.4, -0.2) is 40.2 Å². The standard InChI is InChI=1S/C20H17Cl2N3O5/c1-11-14(21)8-23-19(18(11)22)24-15(26)10-30-20(29)13-4-2-12(3-5-13)9-25-16(27)6-7-17(25)28/h2-5,8H,6-7,9-10H2,1H3,(H,23,24,26). The molecule has 1 aliphatic heterocycles. The van der Waals surface area contributed by atoms with Crippen molar-refractivity contribution in [3.63, 3.8) is 0 Å². The summed E-state index contributed by atoms with van der Waals surface area (Å²) in [4.78, 5) is 52.6. The third kappa shape index (κ3) is 4.95. The normalized spacial score (nSPS) is 13.5. The second kappa shape index (κ2) is 9.23. The molecule has 3 amide bonds. The first-order valence-corrected chi connectivity index (χ1v) is 9.71. The minimum Gasteiger partial charge on any atom is -0.452 e. The van der Waals surface area contributed by atoms with E-state index in [0.717, 1.165) is 0 Å². The van der Waals surface area contributed by atoms with Gasteiger partial charge in [0, 0.05) is 19.0 Å². The predicted octanol–water partition coefficient (Wildman–Crippen LogP) is 3.14. The zero-order valence-electron chi connectivity index (χ0n) is 15.9. The SMILES string of the molecule is Cc1c(Cl)cnc(NC(=O)COC(=O)c2ccc(CN3C(=O)CCC3=O)cc2)c1Cl. The number of esters is 1. The molecule has 2 aromatic rings. The lowest BCUT2D eigenvalue weighted by molar-refractivity contribution is -0.139. The number of imide groups is 1. The summed E-state index contributed by atoms with van der Waals surface area (Å²) >= 11 is 12.0. The van der Waals surface area contributed by atoms with E-state index in [-0.39, 0.29) is 47.6 Å². The van der Waals surface area contributed by atoms with Crippen molar-refractivity contribution < 1.29 is 23.9 Å². The maximum absolute atomic E-state index is 12.1. The van der Waals surface area contributed by atoms with E-state index in [9.17, 15) is 19.2 Å². The lowest BCUT2D eigenvalue weighted by Crippen LogP contribution is -2.28. The fraction of sp³-hybridized carbons (Fsp3) is 0.250. The first kappa shape index (κ1) is 21.7. The van der Waals surface area contributed by atoms with Crippen LogP contribution in [0.15, 0.2) is 30.5 Å². The van der Waals surface area contributed by atoms with Gasteiger partial charge in [-0.25, -0.2) is 9.78 Å². The van der Waals surface area contributed by atoms with Crippen LogP contribution in [0.1, 0.15) is 34.3 Å². The summed E-state index contributed by atoms with van der Waals surface area (Å²) in [5.74, 6) is -1.60. The Kier molecular flexibility index (Phi) is 6.69. The Balaban J connectivity index is 1.53. The van der Waals surface area contributed by atoms with E-state index in [2.05, 4.69) is 10.3 Å². The fourth-order valence-electron chi connectivity index (χ4n) is 2.75. The maximum atomic E-state index is 12.1. The molecule has 1 fully saturated rings. The van der Waals surface area contributed by atoms with E-state index >= 15 is 0 Å². The molecule has 0 radical (unpaired) electrons. The minimum absolute atomic E-state index is 0.120. The summed E-state index contributed by atoms with van der Waals surface area (Å²) in [5, 5.41) is 3.02. The summed E-state index contributed by atoms with van der Waals surface area (Å²) in [6.07, 6.45) is 1.80. The zero-order chi connectivity index (χ0) is 21.8. The second-order valence-electron chi connectivity index (χ2n) is 6.59. The van der Waals surface area contributed by atoms with Crippen molar-refractivity contribution in [2.45, 2.75) is 26.3 Å². The molecule has 8 nitrogen and oxygen atoms in total. The molecule has 3 rings (SSSR count). The van der Waals surface area contributed by atoms with E-state index in [4.69, 9.17) is 27.9 Å². The minimum atomic E-state index is -0.698. The molecule has 0 spiro atoms. The Bertz CT molecular complexity index is 1010. The van der Waals surface area contributed by atoms with Gasteiger partial charge in [0.15, 0.2) is 12.4 Å². The van der Waals surface area contributed by atoms with Crippen LogP contribution in [0, 0.1) is 6.92 Å². The van der Waals surface area contributed by atoms with Crippen molar-refractivity contribution in [2.24, 2.45) is 0 Å². The molecule has 2 heterocycles. The number of rotatable bonds is 6. The first-order chi connectivity index (χ1) is 14.3. The van der Waals surface area contributed by atoms with Gasteiger partial charge in [-0.15, -0.1) is 0 Å². The van der Waals surface area contributed by atoms with Crippen molar-refractivity contribution in [1.29, 1.82) is 0 Å². The molecular formula is C20H17Cl2N3O5. The lowest BCUT2D eigenvalue weighted by Gasteiger charge is -2.14. The van der Waals surface area contributed by atoms with E-state index in [1.54, 1.807) is 19.1 Å². The molecular weight excluding hydrogens is 433 g/mol. The Morgan fingerprint density at radius 3 is 2.40 bits per heavy atom.